The third-order valence-electron chi connectivity index (χ3n) is 4.72. The van der Waals surface area contributed by atoms with Crippen LogP contribution in [-0.2, 0) is 0 Å². The van der Waals surface area contributed by atoms with Gasteiger partial charge in [0.25, 0.3) is 0 Å². The van der Waals surface area contributed by atoms with Gasteiger partial charge in [0.15, 0.2) is 0 Å². The van der Waals surface area contributed by atoms with Crippen molar-refractivity contribution in [2.45, 2.75) is 31.9 Å². The van der Waals surface area contributed by atoms with Crippen molar-refractivity contribution < 1.29 is 15.0 Å². The number of hydrogen-bond donors (Lipinski definition) is 3. The summed E-state index contributed by atoms with van der Waals surface area (Å²) in [5.41, 5.74) is 1.19. The molecule has 4 atom stereocenters. The second-order valence-corrected chi connectivity index (χ2v) is 5.65. The molecule has 0 aromatic rings. The molecule has 0 aromatic heterocycles. The van der Waals surface area contributed by atoms with Crippen LogP contribution in [0.4, 0.5) is 4.79 Å². The van der Waals surface area contributed by atoms with Crippen molar-refractivity contribution in [2.24, 2.45) is 11.3 Å². The summed E-state index contributed by atoms with van der Waals surface area (Å²) in [5, 5.41) is 22.2. The van der Waals surface area contributed by atoms with Crippen LogP contribution in [0.5, 0.6) is 0 Å². The lowest BCUT2D eigenvalue weighted by Crippen LogP contribution is -2.46. The molecule has 0 aromatic carbocycles. The molecular formula is C13H18N2O3. The summed E-state index contributed by atoms with van der Waals surface area (Å²) in [6, 6.07) is -0.210. The minimum atomic E-state index is -0.510. The molecular weight excluding hydrogens is 232 g/mol. The lowest BCUT2D eigenvalue weighted by Gasteiger charge is -2.32. The normalized spacial score (nSPS) is 42.5. The van der Waals surface area contributed by atoms with Gasteiger partial charge in [-0.2, -0.15) is 0 Å². The van der Waals surface area contributed by atoms with E-state index in [1.807, 2.05) is 6.92 Å². The quantitative estimate of drug-likeness (QED) is 0.670. The van der Waals surface area contributed by atoms with Crippen LogP contribution in [0.3, 0.4) is 0 Å². The van der Waals surface area contributed by atoms with Crippen LogP contribution in [0, 0.1) is 11.3 Å². The fourth-order valence-electron chi connectivity index (χ4n) is 3.36. The molecule has 98 valence electrons. The molecule has 1 heterocycles. The number of carbonyl (C=O) groups excluding carboxylic acids is 1. The Morgan fingerprint density at radius 1 is 1.67 bits per heavy atom. The fourth-order valence-corrected chi connectivity index (χ4v) is 3.36. The van der Waals surface area contributed by atoms with Gasteiger partial charge in [0.2, 0.25) is 0 Å². The number of nitrogens with zero attached hydrogens (tertiary/aromatic N) is 1. The van der Waals surface area contributed by atoms with Gasteiger partial charge in [-0.1, -0.05) is 6.58 Å². The molecule has 5 nitrogen and oxygen atoms in total. The van der Waals surface area contributed by atoms with Crippen LogP contribution in [0.15, 0.2) is 24.0 Å². The van der Waals surface area contributed by atoms with Gasteiger partial charge < -0.3 is 15.5 Å². The molecule has 1 unspecified atom stereocenters. The molecule has 0 spiro atoms. The highest BCUT2D eigenvalue weighted by atomic mass is 16.3. The first kappa shape index (κ1) is 11.7. The molecule has 5 heteroatoms. The first-order valence-corrected chi connectivity index (χ1v) is 6.25. The highest BCUT2D eigenvalue weighted by molar-refractivity contribution is 5.80. The third kappa shape index (κ3) is 1.37. The summed E-state index contributed by atoms with van der Waals surface area (Å²) < 4.78 is 0. The van der Waals surface area contributed by atoms with Crippen LogP contribution in [0.25, 0.3) is 0 Å². The Kier molecular flexibility index (Phi) is 2.34. The summed E-state index contributed by atoms with van der Waals surface area (Å²) >= 11 is 0. The number of hydrogen-bond acceptors (Lipinski definition) is 3. The molecule has 2 saturated carbocycles. The number of rotatable bonds is 2. The molecule has 2 aliphatic carbocycles. The van der Waals surface area contributed by atoms with Crippen molar-refractivity contribution in [2.75, 3.05) is 6.61 Å². The van der Waals surface area contributed by atoms with E-state index >= 15 is 0 Å². The number of urea groups is 1. The van der Waals surface area contributed by atoms with E-state index in [1.165, 1.54) is 0 Å². The number of carbonyl (C=O) groups is 1. The van der Waals surface area contributed by atoms with E-state index < -0.39 is 6.10 Å². The standard InChI is InChI=1S/C13H18N2O3/c1-7-5-15(12(18)14-8(7)2)10-3-11(17)13(6-16)4-9(10)13/h5,9-11,16-17H,2-4,6H2,1H3,(H,14,18)/t9?,10-,11-,13+/m0/s1. The minimum Gasteiger partial charge on any atom is -0.396 e. The highest BCUT2D eigenvalue weighted by Crippen LogP contribution is 2.64. The Morgan fingerprint density at radius 3 is 2.94 bits per heavy atom. The van der Waals surface area contributed by atoms with Crippen molar-refractivity contribution >= 4 is 6.03 Å². The van der Waals surface area contributed by atoms with Gasteiger partial charge in [0.1, 0.15) is 0 Å². The van der Waals surface area contributed by atoms with E-state index in [9.17, 15) is 15.0 Å². The molecule has 0 radical (unpaired) electrons. The van der Waals surface area contributed by atoms with Crippen LogP contribution in [-0.4, -0.2) is 39.9 Å². The van der Waals surface area contributed by atoms with E-state index in [2.05, 4.69) is 11.9 Å². The van der Waals surface area contributed by atoms with Crippen molar-refractivity contribution in [3.05, 3.63) is 24.0 Å². The van der Waals surface area contributed by atoms with Gasteiger partial charge in [-0.3, -0.25) is 4.90 Å². The molecule has 0 saturated heterocycles. The van der Waals surface area contributed by atoms with Gasteiger partial charge in [0.05, 0.1) is 12.7 Å². The van der Waals surface area contributed by atoms with E-state index in [0.717, 1.165) is 12.0 Å². The zero-order valence-electron chi connectivity index (χ0n) is 10.4. The van der Waals surface area contributed by atoms with E-state index in [0.29, 0.717) is 12.1 Å². The number of allylic oxidation sites excluding steroid dienone is 1. The Hall–Kier alpha value is -1.33. The van der Waals surface area contributed by atoms with Gasteiger partial charge in [0, 0.05) is 23.4 Å². The first-order chi connectivity index (χ1) is 8.49. The lowest BCUT2D eigenvalue weighted by molar-refractivity contribution is 0.0593. The zero-order chi connectivity index (χ0) is 13.1. The molecule has 1 aliphatic heterocycles. The average Bonchev–Trinajstić information content (AvgIpc) is 3.01. The molecule has 18 heavy (non-hydrogen) atoms. The maximum Gasteiger partial charge on any atom is 0.326 e. The molecule has 3 N–H and O–H groups in total. The summed E-state index contributed by atoms with van der Waals surface area (Å²) in [4.78, 5) is 13.6. The van der Waals surface area contributed by atoms with Crippen LogP contribution in [0.2, 0.25) is 0 Å². The van der Waals surface area contributed by atoms with E-state index in [4.69, 9.17) is 0 Å². The molecule has 2 fully saturated rings. The Morgan fingerprint density at radius 2 is 2.39 bits per heavy atom. The van der Waals surface area contributed by atoms with Crippen LogP contribution in [0.1, 0.15) is 19.8 Å². The molecule has 3 rings (SSSR count). The Labute approximate surface area is 106 Å². The summed E-state index contributed by atoms with van der Waals surface area (Å²) in [6.07, 6.45) is 2.62. The molecule has 0 bridgehead atoms. The number of nitrogens with one attached hydrogen (secondary N) is 1. The minimum absolute atomic E-state index is 0.000196. The maximum absolute atomic E-state index is 12.0. The first-order valence-electron chi connectivity index (χ1n) is 6.25. The zero-order valence-corrected chi connectivity index (χ0v) is 10.4. The number of fused-ring (bicyclic) bond motifs is 1. The topological polar surface area (TPSA) is 72.8 Å². The SMILES string of the molecule is C=C1NC(=O)N([C@H]2C[C@H](O)[C@@]3(CO)CC23)C=C1C. The Bertz CT molecular complexity index is 459. The molecule has 3 aliphatic rings. The second kappa shape index (κ2) is 3.59. The van der Waals surface area contributed by atoms with Crippen LogP contribution < -0.4 is 5.32 Å². The summed E-state index contributed by atoms with van der Waals surface area (Å²) in [7, 11) is 0. The van der Waals surface area contributed by atoms with Crippen LogP contribution >= 0.6 is 0 Å². The lowest BCUT2D eigenvalue weighted by atomic mass is 10.0. The van der Waals surface area contributed by atoms with Crippen molar-refractivity contribution in [3.8, 4) is 0 Å². The summed E-state index contributed by atoms with van der Waals surface area (Å²) in [6.45, 7) is 5.66. The fraction of sp³-hybridized carbons (Fsp3) is 0.615. The Balaban J connectivity index is 1.85. The predicted molar refractivity (Wildman–Crippen MR) is 65.3 cm³/mol. The second-order valence-electron chi connectivity index (χ2n) is 5.65. The number of aliphatic hydroxyl groups excluding tert-OH is 2. The van der Waals surface area contributed by atoms with Gasteiger partial charge in [-0.05, 0) is 31.3 Å². The number of amides is 2. The smallest absolute Gasteiger partial charge is 0.326 e. The molecule has 2 amide bonds. The van der Waals surface area contributed by atoms with Gasteiger partial charge in [-0.25, -0.2) is 4.79 Å². The maximum atomic E-state index is 12.0. The van der Waals surface area contributed by atoms with Gasteiger partial charge >= 0.3 is 6.03 Å². The summed E-state index contributed by atoms with van der Waals surface area (Å²) in [5.74, 6) is 0.207. The van der Waals surface area contributed by atoms with Crippen molar-refractivity contribution in [3.63, 3.8) is 0 Å². The number of aliphatic hydroxyl groups is 2. The van der Waals surface area contributed by atoms with Crippen molar-refractivity contribution in [1.29, 1.82) is 0 Å². The monoisotopic (exact) mass is 250 g/mol. The predicted octanol–water partition coefficient (Wildman–Crippen LogP) is 0.561. The largest absolute Gasteiger partial charge is 0.396 e. The van der Waals surface area contributed by atoms with E-state index in [-0.39, 0.29) is 30.0 Å². The van der Waals surface area contributed by atoms with E-state index in [1.54, 1.807) is 11.1 Å². The highest BCUT2D eigenvalue weighted by Gasteiger charge is 2.68. The third-order valence-corrected chi connectivity index (χ3v) is 4.72. The average molecular weight is 250 g/mol. The van der Waals surface area contributed by atoms with Gasteiger partial charge in [-0.15, -0.1) is 0 Å². The van der Waals surface area contributed by atoms with Crippen molar-refractivity contribution in [1.82, 2.24) is 10.2 Å².